The van der Waals surface area contributed by atoms with Gasteiger partial charge in [-0.2, -0.15) is 0 Å². The molecule has 1 aromatic carbocycles. The van der Waals surface area contributed by atoms with E-state index in [9.17, 15) is 0 Å². The molecule has 4 atom stereocenters. The van der Waals surface area contributed by atoms with Gasteiger partial charge < -0.3 is 4.74 Å². The van der Waals surface area contributed by atoms with Crippen LogP contribution in [0.5, 0.6) is 5.75 Å². The van der Waals surface area contributed by atoms with Crippen molar-refractivity contribution in [2.45, 2.75) is 91.9 Å². The summed E-state index contributed by atoms with van der Waals surface area (Å²) in [6.45, 7) is 13.7. The summed E-state index contributed by atoms with van der Waals surface area (Å²) in [6, 6.07) is 8.01. The zero-order valence-corrected chi connectivity index (χ0v) is 20.1. The van der Waals surface area contributed by atoms with Crippen molar-refractivity contribution in [2.24, 2.45) is 11.8 Å². The molecular formula is C26H41N3O. The van der Waals surface area contributed by atoms with E-state index in [4.69, 9.17) is 19.7 Å². The number of ether oxygens (including phenoxy) is 1. The number of rotatable bonds is 12. The molecule has 166 valence electrons. The first-order valence-electron chi connectivity index (χ1n) is 11.8. The van der Waals surface area contributed by atoms with Gasteiger partial charge >= 0.3 is 0 Å². The van der Waals surface area contributed by atoms with Crippen molar-refractivity contribution in [3.8, 4) is 17.1 Å². The summed E-state index contributed by atoms with van der Waals surface area (Å²) in [4.78, 5) is 14.7. The highest BCUT2D eigenvalue weighted by Gasteiger charge is 2.18. The Bertz CT molecular complexity index is 721. The second-order valence-corrected chi connectivity index (χ2v) is 9.09. The van der Waals surface area contributed by atoms with Crippen LogP contribution in [-0.4, -0.2) is 22.1 Å². The van der Waals surface area contributed by atoms with Crippen LogP contribution in [0.4, 0.5) is 0 Å². The topological polar surface area (TPSA) is 47.9 Å². The largest absolute Gasteiger partial charge is 0.497 e. The Labute approximate surface area is 183 Å². The number of hydrogen-bond acceptors (Lipinski definition) is 4. The molecule has 0 saturated carbocycles. The highest BCUT2D eigenvalue weighted by atomic mass is 16.5. The monoisotopic (exact) mass is 411 g/mol. The second-order valence-electron chi connectivity index (χ2n) is 9.09. The molecule has 1 heterocycles. The summed E-state index contributed by atoms with van der Waals surface area (Å²) < 4.78 is 5.31. The fraction of sp³-hybridized carbons (Fsp3) is 0.654. The van der Waals surface area contributed by atoms with Crippen molar-refractivity contribution in [1.82, 2.24) is 15.0 Å². The average Bonchev–Trinajstić information content (AvgIpc) is 2.79. The lowest BCUT2D eigenvalue weighted by Crippen LogP contribution is -2.12. The van der Waals surface area contributed by atoms with Gasteiger partial charge in [0.05, 0.1) is 7.11 Å². The van der Waals surface area contributed by atoms with Crippen molar-refractivity contribution >= 4 is 0 Å². The SMILES string of the molecule is CCC(C)CCC(C)c1nc(-c2ccc(OC)cc2)nc(C(C)CCC(C)CC)n1. The molecule has 4 unspecified atom stereocenters. The Morgan fingerprint density at radius 2 is 1.17 bits per heavy atom. The number of methoxy groups -OCH3 is 1. The number of hydrogen-bond donors (Lipinski definition) is 0. The maximum absolute atomic E-state index is 5.31. The van der Waals surface area contributed by atoms with E-state index >= 15 is 0 Å². The maximum Gasteiger partial charge on any atom is 0.163 e. The van der Waals surface area contributed by atoms with E-state index in [0.29, 0.717) is 11.8 Å². The van der Waals surface area contributed by atoms with Crippen LogP contribution in [0.3, 0.4) is 0 Å². The molecule has 1 aromatic heterocycles. The summed E-state index contributed by atoms with van der Waals surface area (Å²) in [5.41, 5.74) is 1.02. The van der Waals surface area contributed by atoms with Gasteiger partial charge in [0.25, 0.3) is 0 Å². The quantitative estimate of drug-likeness (QED) is 0.365. The van der Waals surface area contributed by atoms with Gasteiger partial charge in [0.15, 0.2) is 5.82 Å². The summed E-state index contributed by atoms with van der Waals surface area (Å²) in [7, 11) is 1.69. The van der Waals surface area contributed by atoms with Gasteiger partial charge in [-0.25, -0.2) is 15.0 Å². The molecule has 0 N–H and O–H groups in total. The fourth-order valence-electron chi connectivity index (χ4n) is 3.45. The minimum atomic E-state index is 0.333. The lowest BCUT2D eigenvalue weighted by molar-refractivity contribution is 0.415. The van der Waals surface area contributed by atoms with Crippen LogP contribution in [-0.2, 0) is 0 Å². The van der Waals surface area contributed by atoms with Crippen LogP contribution >= 0.6 is 0 Å². The average molecular weight is 412 g/mol. The highest BCUT2D eigenvalue weighted by Crippen LogP contribution is 2.28. The minimum absolute atomic E-state index is 0.333. The summed E-state index contributed by atoms with van der Waals surface area (Å²) in [5.74, 6) is 5.64. The molecule has 0 aliphatic carbocycles. The standard InChI is InChI=1S/C26H41N3O/c1-8-18(3)10-12-20(5)24-27-25(21(6)13-11-19(4)9-2)29-26(28-24)22-14-16-23(30-7)17-15-22/h14-21H,8-13H2,1-7H3. The third-order valence-corrected chi connectivity index (χ3v) is 6.48. The van der Waals surface area contributed by atoms with Crippen molar-refractivity contribution in [2.75, 3.05) is 7.11 Å². The molecule has 0 fully saturated rings. The van der Waals surface area contributed by atoms with E-state index in [1.807, 2.05) is 24.3 Å². The summed E-state index contributed by atoms with van der Waals surface area (Å²) >= 11 is 0. The van der Waals surface area contributed by atoms with E-state index in [1.165, 1.54) is 25.7 Å². The first-order chi connectivity index (χ1) is 14.4. The van der Waals surface area contributed by atoms with Crippen LogP contribution in [0.25, 0.3) is 11.4 Å². The van der Waals surface area contributed by atoms with Gasteiger partial charge in [-0.1, -0.05) is 67.2 Å². The van der Waals surface area contributed by atoms with Gasteiger partial charge in [-0.15, -0.1) is 0 Å². The lowest BCUT2D eigenvalue weighted by Gasteiger charge is -2.18. The Balaban J connectivity index is 2.32. The third kappa shape index (κ3) is 7.07. The smallest absolute Gasteiger partial charge is 0.163 e. The number of aromatic nitrogens is 3. The van der Waals surface area contributed by atoms with E-state index in [-0.39, 0.29) is 0 Å². The molecule has 2 rings (SSSR count). The van der Waals surface area contributed by atoms with Crippen molar-refractivity contribution in [1.29, 1.82) is 0 Å². The Morgan fingerprint density at radius 3 is 1.57 bits per heavy atom. The molecule has 0 spiro atoms. The van der Waals surface area contributed by atoms with Crippen LogP contribution < -0.4 is 4.74 Å². The van der Waals surface area contributed by atoms with Crippen molar-refractivity contribution < 1.29 is 4.74 Å². The Morgan fingerprint density at radius 1 is 0.700 bits per heavy atom. The second kappa shape index (κ2) is 12.0. The van der Waals surface area contributed by atoms with Crippen LogP contribution in [0.1, 0.15) is 104 Å². The third-order valence-electron chi connectivity index (χ3n) is 6.48. The van der Waals surface area contributed by atoms with E-state index < -0.39 is 0 Å². The minimum Gasteiger partial charge on any atom is -0.497 e. The van der Waals surface area contributed by atoms with E-state index in [0.717, 1.165) is 53.5 Å². The zero-order valence-electron chi connectivity index (χ0n) is 20.1. The summed E-state index contributed by atoms with van der Waals surface area (Å²) in [5, 5.41) is 0. The molecule has 4 nitrogen and oxygen atoms in total. The molecule has 0 aliphatic rings. The van der Waals surface area contributed by atoms with Gasteiger partial charge in [0, 0.05) is 17.4 Å². The number of nitrogens with zero attached hydrogens (tertiary/aromatic N) is 3. The first kappa shape index (κ1) is 24.3. The normalized spacial score (nSPS) is 15.4. The Hall–Kier alpha value is -1.97. The molecule has 0 aliphatic heterocycles. The summed E-state index contributed by atoms with van der Waals surface area (Å²) in [6.07, 6.45) is 7.08. The van der Waals surface area contributed by atoms with Gasteiger partial charge in [-0.05, 0) is 48.9 Å². The molecule has 4 heteroatoms. The lowest BCUT2D eigenvalue weighted by atomic mass is 9.95. The van der Waals surface area contributed by atoms with E-state index in [1.54, 1.807) is 7.11 Å². The predicted molar refractivity (Wildman–Crippen MR) is 126 cm³/mol. The number of benzene rings is 1. The first-order valence-corrected chi connectivity index (χ1v) is 11.8. The molecule has 30 heavy (non-hydrogen) atoms. The molecule has 0 amide bonds. The molecule has 0 bridgehead atoms. The Kier molecular flexibility index (Phi) is 9.74. The van der Waals surface area contributed by atoms with Crippen molar-refractivity contribution in [3.05, 3.63) is 35.9 Å². The highest BCUT2D eigenvalue weighted by molar-refractivity contribution is 5.56. The molecule has 2 aromatic rings. The van der Waals surface area contributed by atoms with E-state index in [2.05, 4.69) is 41.5 Å². The van der Waals surface area contributed by atoms with Crippen LogP contribution in [0.15, 0.2) is 24.3 Å². The molecule has 0 radical (unpaired) electrons. The predicted octanol–water partition coefficient (Wildman–Crippen LogP) is 7.41. The molecule has 0 saturated heterocycles. The van der Waals surface area contributed by atoms with Gasteiger partial charge in [-0.3, -0.25) is 0 Å². The maximum atomic E-state index is 5.31. The molecular weight excluding hydrogens is 370 g/mol. The van der Waals surface area contributed by atoms with Crippen LogP contribution in [0.2, 0.25) is 0 Å². The zero-order chi connectivity index (χ0) is 22.1. The fourth-order valence-corrected chi connectivity index (χ4v) is 3.45. The van der Waals surface area contributed by atoms with Crippen LogP contribution in [0, 0.1) is 11.8 Å². The van der Waals surface area contributed by atoms with Gasteiger partial charge in [0.1, 0.15) is 17.4 Å². The van der Waals surface area contributed by atoms with Gasteiger partial charge in [0.2, 0.25) is 0 Å². The van der Waals surface area contributed by atoms with Crippen molar-refractivity contribution in [3.63, 3.8) is 0 Å².